The Labute approximate surface area is 198 Å². The molecule has 5 aromatic rings. The Hall–Kier alpha value is -3.89. The summed E-state index contributed by atoms with van der Waals surface area (Å²) in [5, 5.41) is 15.1. The highest BCUT2D eigenvalue weighted by Crippen LogP contribution is 2.35. The minimum atomic E-state index is -0.261. The summed E-state index contributed by atoms with van der Waals surface area (Å²) < 4.78 is 21.6. The van der Waals surface area contributed by atoms with Gasteiger partial charge in [0.25, 0.3) is 0 Å². The van der Waals surface area contributed by atoms with E-state index in [4.69, 9.17) is 16.3 Å². The molecule has 9 nitrogen and oxygen atoms in total. The second-order valence-corrected chi connectivity index (χ2v) is 8.42. The normalized spacial score (nSPS) is 14.1. The predicted molar refractivity (Wildman–Crippen MR) is 123 cm³/mol. The van der Waals surface area contributed by atoms with Crippen molar-refractivity contribution in [1.29, 1.82) is 0 Å². The highest BCUT2D eigenvalue weighted by atomic mass is 35.5. The van der Waals surface area contributed by atoms with Crippen LogP contribution in [0.1, 0.15) is 11.1 Å². The first-order chi connectivity index (χ1) is 16.6. The van der Waals surface area contributed by atoms with Gasteiger partial charge in [-0.25, -0.2) is 14.4 Å². The van der Waals surface area contributed by atoms with Crippen LogP contribution in [0.5, 0.6) is 5.75 Å². The van der Waals surface area contributed by atoms with Crippen LogP contribution in [0.2, 0.25) is 5.02 Å². The molecular weight excluding hydrogens is 459 g/mol. The molecule has 1 aliphatic heterocycles. The van der Waals surface area contributed by atoms with Gasteiger partial charge < -0.3 is 9.30 Å². The molecule has 11 heteroatoms. The SMILES string of the molecule is Fc1ccc2c(ccn2-c2cc(Cl)c3c(c2)CN(Cc2cnc(-c4nn[nH]n4)nc2)CCO3)c1. The van der Waals surface area contributed by atoms with Gasteiger partial charge in [0, 0.05) is 60.4 Å². The van der Waals surface area contributed by atoms with Crippen LogP contribution < -0.4 is 4.74 Å². The number of H-pyrrole nitrogens is 1. The van der Waals surface area contributed by atoms with E-state index in [2.05, 4.69) is 41.6 Å². The van der Waals surface area contributed by atoms with Crippen LogP contribution in [0.25, 0.3) is 28.2 Å². The Morgan fingerprint density at radius 2 is 1.97 bits per heavy atom. The summed E-state index contributed by atoms with van der Waals surface area (Å²) in [5.74, 6) is 1.20. The first-order valence-electron chi connectivity index (χ1n) is 10.6. The molecule has 0 unspecified atom stereocenters. The molecular formula is C23H18ClFN8O. The van der Waals surface area contributed by atoms with E-state index in [1.54, 1.807) is 18.5 Å². The van der Waals surface area contributed by atoms with Crippen molar-refractivity contribution in [3.8, 4) is 23.1 Å². The van der Waals surface area contributed by atoms with Crippen molar-refractivity contribution in [2.24, 2.45) is 0 Å². The molecule has 170 valence electrons. The fourth-order valence-electron chi connectivity index (χ4n) is 4.19. The van der Waals surface area contributed by atoms with E-state index < -0.39 is 0 Å². The maximum absolute atomic E-state index is 13.6. The molecule has 6 rings (SSSR count). The van der Waals surface area contributed by atoms with Crippen LogP contribution in [0, 0.1) is 5.82 Å². The largest absolute Gasteiger partial charge is 0.490 e. The van der Waals surface area contributed by atoms with Crippen molar-refractivity contribution in [3.63, 3.8) is 0 Å². The zero-order valence-electron chi connectivity index (χ0n) is 17.8. The second kappa shape index (κ2) is 8.47. The fraction of sp³-hybridized carbons (Fsp3) is 0.174. The van der Waals surface area contributed by atoms with Gasteiger partial charge in [-0.3, -0.25) is 4.90 Å². The smallest absolute Gasteiger partial charge is 0.241 e. The summed E-state index contributed by atoms with van der Waals surface area (Å²) >= 11 is 6.63. The van der Waals surface area contributed by atoms with Crippen LogP contribution in [0.3, 0.4) is 0 Å². The number of fused-ring (bicyclic) bond motifs is 2. The standard InChI is InChI=1S/C23H18ClFN8O/c24-19-9-18(33-4-3-15-7-17(25)1-2-20(15)33)8-16-13-32(5-6-34-21(16)19)12-14-10-26-22(27-11-14)23-28-30-31-29-23/h1-4,7-11H,5-6,12-13H2,(H,28,29,30,31). The quantitative estimate of drug-likeness (QED) is 0.421. The number of aromatic amines is 1. The number of ether oxygens (including phenoxy) is 1. The maximum Gasteiger partial charge on any atom is 0.241 e. The molecule has 1 N–H and O–H groups in total. The summed E-state index contributed by atoms with van der Waals surface area (Å²) in [4.78, 5) is 10.9. The fourth-order valence-corrected chi connectivity index (χ4v) is 4.48. The first kappa shape index (κ1) is 20.7. The van der Waals surface area contributed by atoms with Gasteiger partial charge in [0.1, 0.15) is 18.2 Å². The molecule has 3 aromatic heterocycles. The van der Waals surface area contributed by atoms with E-state index in [1.807, 2.05) is 22.9 Å². The van der Waals surface area contributed by atoms with Crippen molar-refractivity contribution in [3.05, 3.63) is 77.0 Å². The monoisotopic (exact) mass is 476 g/mol. The molecule has 0 aliphatic carbocycles. The molecule has 0 bridgehead atoms. The van der Waals surface area contributed by atoms with Crippen molar-refractivity contribution in [2.45, 2.75) is 13.1 Å². The molecule has 0 saturated carbocycles. The summed E-state index contributed by atoms with van der Waals surface area (Å²) in [6.45, 7) is 2.52. The van der Waals surface area contributed by atoms with E-state index in [-0.39, 0.29) is 5.82 Å². The molecule has 0 fully saturated rings. The number of tetrazole rings is 1. The lowest BCUT2D eigenvalue weighted by Crippen LogP contribution is -2.25. The van der Waals surface area contributed by atoms with Crippen molar-refractivity contribution in [2.75, 3.05) is 13.2 Å². The molecule has 4 heterocycles. The van der Waals surface area contributed by atoms with Gasteiger partial charge >= 0.3 is 0 Å². The second-order valence-electron chi connectivity index (χ2n) is 8.01. The molecule has 0 amide bonds. The number of nitrogens with zero attached hydrogens (tertiary/aromatic N) is 7. The third-order valence-electron chi connectivity index (χ3n) is 5.74. The molecule has 0 radical (unpaired) electrons. The van der Waals surface area contributed by atoms with E-state index in [0.717, 1.165) is 34.3 Å². The van der Waals surface area contributed by atoms with Gasteiger partial charge in [0.05, 0.1) is 10.5 Å². The van der Waals surface area contributed by atoms with E-state index in [1.165, 1.54) is 12.1 Å². The predicted octanol–water partition coefficient (Wildman–Crippen LogP) is 3.79. The number of hydrogen-bond donors (Lipinski definition) is 1. The topological polar surface area (TPSA) is 97.6 Å². The molecule has 0 atom stereocenters. The minimum Gasteiger partial charge on any atom is -0.490 e. The third kappa shape index (κ3) is 3.87. The lowest BCUT2D eigenvalue weighted by molar-refractivity contribution is 0.219. The van der Waals surface area contributed by atoms with Crippen LogP contribution in [-0.2, 0) is 13.1 Å². The Kier molecular flexibility index (Phi) is 5.16. The Morgan fingerprint density at radius 1 is 1.09 bits per heavy atom. The molecule has 2 aromatic carbocycles. The summed E-state index contributed by atoms with van der Waals surface area (Å²) in [6, 6.07) is 10.6. The number of nitrogens with one attached hydrogen (secondary N) is 1. The van der Waals surface area contributed by atoms with E-state index >= 15 is 0 Å². The third-order valence-corrected chi connectivity index (χ3v) is 6.02. The average Bonchev–Trinajstić information content (AvgIpc) is 3.46. The van der Waals surface area contributed by atoms with Crippen molar-refractivity contribution in [1.82, 2.24) is 40.1 Å². The molecule has 0 saturated heterocycles. The van der Waals surface area contributed by atoms with E-state index in [0.29, 0.717) is 42.1 Å². The number of hydrogen-bond acceptors (Lipinski definition) is 7. The Balaban J connectivity index is 1.28. The lowest BCUT2D eigenvalue weighted by Gasteiger charge is -2.19. The molecule has 1 aliphatic rings. The molecule has 34 heavy (non-hydrogen) atoms. The van der Waals surface area contributed by atoms with E-state index in [9.17, 15) is 4.39 Å². The number of halogens is 2. The van der Waals surface area contributed by atoms with Gasteiger partial charge in [-0.15, -0.1) is 10.2 Å². The van der Waals surface area contributed by atoms with Gasteiger partial charge in [-0.1, -0.05) is 11.6 Å². The maximum atomic E-state index is 13.6. The van der Waals surface area contributed by atoms with Gasteiger partial charge in [0.15, 0.2) is 0 Å². The Bertz CT molecular complexity index is 1470. The first-order valence-corrected chi connectivity index (χ1v) is 11.0. The van der Waals surface area contributed by atoms with Crippen LogP contribution >= 0.6 is 11.6 Å². The summed E-state index contributed by atoms with van der Waals surface area (Å²) in [6.07, 6.45) is 5.44. The zero-order valence-corrected chi connectivity index (χ0v) is 18.6. The van der Waals surface area contributed by atoms with Crippen molar-refractivity contribution >= 4 is 22.5 Å². The molecule has 0 spiro atoms. The van der Waals surface area contributed by atoms with Gasteiger partial charge in [-0.05, 0) is 41.6 Å². The highest BCUT2D eigenvalue weighted by molar-refractivity contribution is 6.32. The van der Waals surface area contributed by atoms with Gasteiger partial charge in [-0.2, -0.15) is 5.21 Å². The lowest BCUT2D eigenvalue weighted by atomic mass is 10.1. The van der Waals surface area contributed by atoms with Crippen LogP contribution in [-0.4, -0.2) is 53.2 Å². The average molecular weight is 477 g/mol. The highest BCUT2D eigenvalue weighted by Gasteiger charge is 2.20. The van der Waals surface area contributed by atoms with Crippen LogP contribution in [0.4, 0.5) is 4.39 Å². The van der Waals surface area contributed by atoms with Crippen molar-refractivity contribution < 1.29 is 9.13 Å². The Morgan fingerprint density at radius 3 is 2.79 bits per heavy atom. The number of aromatic nitrogens is 7. The van der Waals surface area contributed by atoms with Gasteiger partial charge in [0.2, 0.25) is 11.6 Å². The number of rotatable bonds is 4. The number of benzene rings is 2. The van der Waals surface area contributed by atoms with Crippen LogP contribution in [0.15, 0.2) is 55.0 Å². The minimum absolute atomic E-state index is 0.261. The summed E-state index contributed by atoms with van der Waals surface area (Å²) in [5.41, 5.74) is 3.73. The summed E-state index contributed by atoms with van der Waals surface area (Å²) in [7, 11) is 0. The zero-order chi connectivity index (χ0) is 23.1.